The fraction of sp³-hybridized carbons (Fsp3) is 0.615. The van der Waals surface area contributed by atoms with Crippen LogP contribution in [0.5, 0.6) is 0 Å². The standard InChI is InChI=1S/C13H20N2/c1-12(2,3)10-5-6-11(14-9-10)15-13(4)7-8-13/h5-6,9H,7-8H2,1-4H3,(H,14,15). The van der Waals surface area contributed by atoms with Crippen molar-refractivity contribution in [1.29, 1.82) is 0 Å². The Balaban J connectivity index is 2.10. The highest BCUT2D eigenvalue weighted by Gasteiger charge is 2.37. The summed E-state index contributed by atoms with van der Waals surface area (Å²) in [6.45, 7) is 8.87. The normalized spacial score (nSPS) is 18.7. The lowest BCUT2D eigenvalue weighted by Crippen LogP contribution is -2.17. The van der Waals surface area contributed by atoms with Crippen molar-refractivity contribution >= 4 is 5.82 Å². The quantitative estimate of drug-likeness (QED) is 0.799. The monoisotopic (exact) mass is 204 g/mol. The van der Waals surface area contributed by atoms with Crippen LogP contribution in [0.1, 0.15) is 46.1 Å². The lowest BCUT2D eigenvalue weighted by Gasteiger charge is -2.19. The number of rotatable bonds is 2. The van der Waals surface area contributed by atoms with Crippen LogP contribution in [0.15, 0.2) is 18.3 Å². The second-order valence-electron chi connectivity index (χ2n) is 5.87. The van der Waals surface area contributed by atoms with E-state index in [0.717, 1.165) is 5.82 Å². The lowest BCUT2D eigenvalue weighted by atomic mass is 9.88. The number of hydrogen-bond donors (Lipinski definition) is 1. The first-order valence-corrected chi connectivity index (χ1v) is 5.64. The van der Waals surface area contributed by atoms with Gasteiger partial charge in [-0.15, -0.1) is 0 Å². The van der Waals surface area contributed by atoms with Crippen LogP contribution in [0.4, 0.5) is 5.82 Å². The molecule has 0 bridgehead atoms. The predicted octanol–water partition coefficient (Wildman–Crippen LogP) is 3.34. The maximum absolute atomic E-state index is 4.46. The van der Waals surface area contributed by atoms with Gasteiger partial charge in [-0.2, -0.15) is 0 Å². The Morgan fingerprint density at radius 3 is 2.33 bits per heavy atom. The molecule has 0 spiro atoms. The van der Waals surface area contributed by atoms with Crippen LogP contribution in [0.25, 0.3) is 0 Å². The number of nitrogens with one attached hydrogen (secondary N) is 1. The van der Waals surface area contributed by atoms with Crippen LogP contribution in [-0.2, 0) is 5.41 Å². The smallest absolute Gasteiger partial charge is 0.126 e. The van der Waals surface area contributed by atoms with Crippen molar-refractivity contribution in [2.75, 3.05) is 5.32 Å². The minimum Gasteiger partial charge on any atom is -0.365 e. The van der Waals surface area contributed by atoms with Gasteiger partial charge in [0.2, 0.25) is 0 Å². The zero-order chi connectivity index (χ0) is 11.1. The van der Waals surface area contributed by atoms with E-state index < -0.39 is 0 Å². The highest BCUT2D eigenvalue weighted by molar-refractivity contribution is 5.41. The summed E-state index contributed by atoms with van der Waals surface area (Å²) in [5.41, 5.74) is 1.79. The molecule has 82 valence electrons. The molecule has 2 nitrogen and oxygen atoms in total. The molecule has 1 aliphatic carbocycles. The Kier molecular flexibility index (Phi) is 2.25. The van der Waals surface area contributed by atoms with Gasteiger partial charge < -0.3 is 5.32 Å². The number of aromatic nitrogens is 1. The Labute approximate surface area is 92.1 Å². The van der Waals surface area contributed by atoms with Crippen LogP contribution >= 0.6 is 0 Å². The van der Waals surface area contributed by atoms with Gasteiger partial charge in [-0.05, 0) is 36.8 Å². The van der Waals surface area contributed by atoms with Gasteiger partial charge in [0, 0.05) is 11.7 Å². The van der Waals surface area contributed by atoms with E-state index in [1.54, 1.807) is 0 Å². The van der Waals surface area contributed by atoms with Gasteiger partial charge in [-0.25, -0.2) is 4.98 Å². The Morgan fingerprint density at radius 1 is 1.27 bits per heavy atom. The molecule has 0 radical (unpaired) electrons. The summed E-state index contributed by atoms with van der Waals surface area (Å²) in [5.74, 6) is 1.00. The first-order valence-electron chi connectivity index (χ1n) is 5.64. The zero-order valence-electron chi connectivity index (χ0n) is 10.1. The maximum Gasteiger partial charge on any atom is 0.126 e. The fourth-order valence-corrected chi connectivity index (χ4v) is 1.53. The third-order valence-corrected chi connectivity index (χ3v) is 3.06. The third-order valence-electron chi connectivity index (χ3n) is 3.06. The molecule has 1 aromatic heterocycles. The minimum absolute atomic E-state index is 0.189. The average Bonchev–Trinajstić information content (AvgIpc) is 2.82. The van der Waals surface area contributed by atoms with Crippen LogP contribution in [0.2, 0.25) is 0 Å². The van der Waals surface area contributed by atoms with E-state index in [0.29, 0.717) is 5.54 Å². The Morgan fingerprint density at radius 2 is 1.93 bits per heavy atom. The first kappa shape index (κ1) is 10.5. The number of hydrogen-bond acceptors (Lipinski definition) is 2. The van der Waals surface area contributed by atoms with Crippen LogP contribution < -0.4 is 5.32 Å². The van der Waals surface area contributed by atoms with Gasteiger partial charge in [0.1, 0.15) is 5.82 Å². The van der Waals surface area contributed by atoms with E-state index in [-0.39, 0.29) is 5.41 Å². The molecule has 1 aromatic rings. The summed E-state index contributed by atoms with van der Waals surface area (Å²) in [6.07, 6.45) is 4.50. The van der Waals surface area contributed by atoms with Gasteiger partial charge in [-0.1, -0.05) is 26.8 Å². The maximum atomic E-state index is 4.46. The van der Waals surface area contributed by atoms with Gasteiger partial charge in [0.05, 0.1) is 0 Å². The van der Waals surface area contributed by atoms with Gasteiger partial charge in [-0.3, -0.25) is 0 Å². The van der Waals surface area contributed by atoms with E-state index in [9.17, 15) is 0 Å². The van der Waals surface area contributed by atoms with Crippen LogP contribution in [0.3, 0.4) is 0 Å². The summed E-state index contributed by atoms with van der Waals surface area (Å²) in [4.78, 5) is 4.46. The molecule has 0 atom stereocenters. The summed E-state index contributed by atoms with van der Waals surface area (Å²) < 4.78 is 0. The Hall–Kier alpha value is -1.05. The second-order valence-corrected chi connectivity index (χ2v) is 5.87. The molecule has 1 heterocycles. The van der Waals surface area contributed by atoms with E-state index in [4.69, 9.17) is 0 Å². The topological polar surface area (TPSA) is 24.9 Å². The van der Waals surface area contributed by atoms with Crippen LogP contribution in [0, 0.1) is 0 Å². The molecule has 0 unspecified atom stereocenters. The molecule has 2 heteroatoms. The van der Waals surface area contributed by atoms with E-state index in [1.807, 2.05) is 6.20 Å². The van der Waals surface area contributed by atoms with Crippen LogP contribution in [-0.4, -0.2) is 10.5 Å². The fourth-order valence-electron chi connectivity index (χ4n) is 1.53. The van der Waals surface area contributed by atoms with E-state index in [1.165, 1.54) is 18.4 Å². The van der Waals surface area contributed by atoms with Crippen molar-refractivity contribution in [3.8, 4) is 0 Å². The number of nitrogens with zero attached hydrogens (tertiary/aromatic N) is 1. The summed E-state index contributed by atoms with van der Waals surface area (Å²) in [5, 5.41) is 3.46. The molecule has 2 rings (SSSR count). The molecule has 0 aliphatic heterocycles. The van der Waals surface area contributed by atoms with E-state index >= 15 is 0 Å². The zero-order valence-corrected chi connectivity index (χ0v) is 10.1. The predicted molar refractivity (Wildman–Crippen MR) is 64.2 cm³/mol. The molecule has 0 aromatic carbocycles. The van der Waals surface area contributed by atoms with Gasteiger partial charge in [0.25, 0.3) is 0 Å². The molecular formula is C13H20N2. The van der Waals surface area contributed by atoms with E-state index in [2.05, 4.69) is 50.1 Å². The molecule has 1 saturated carbocycles. The summed E-state index contributed by atoms with van der Waals surface area (Å²) in [6, 6.07) is 4.26. The Bertz CT molecular complexity index is 342. The first-order chi connectivity index (χ1) is 6.89. The highest BCUT2D eigenvalue weighted by Crippen LogP contribution is 2.37. The molecule has 15 heavy (non-hydrogen) atoms. The third kappa shape index (κ3) is 2.49. The van der Waals surface area contributed by atoms with Crippen molar-refractivity contribution in [2.24, 2.45) is 0 Å². The minimum atomic E-state index is 0.189. The molecule has 1 aliphatic rings. The SMILES string of the molecule is CC1(Nc2ccc(C(C)(C)C)cn2)CC1. The second kappa shape index (κ2) is 3.22. The molecule has 0 saturated heterocycles. The van der Waals surface area contributed by atoms with Crippen molar-refractivity contribution in [2.45, 2.75) is 51.5 Å². The summed E-state index contributed by atoms with van der Waals surface area (Å²) in [7, 11) is 0. The highest BCUT2D eigenvalue weighted by atomic mass is 15.1. The van der Waals surface area contributed by atoms with Crippen molar-refractivity contribution < 1.29 is 0 Å². The summed E-state index contributed by atoms with van der Waals surface area (Å²) >= 11 is 0. The molecule has 1 N–H and O–H groups in total. The van der Waals surface area contributed by atoms with Gasteiger partial charge in [0.15, 0.2) is 0 Å². The average molecular weight is 204 g/mol. The van der Waals surface area contributed by atoms with Gasteiger partial charge >= 0.3 is 0 Å². The molecule has 1 fully saturated rings. The number of pyridine rings is 1. The van der Waals surface area contributed by atoms with Crippen molar-refractivity contribution in [3.63, 3.8) is 0 Å². The van der Waals surface area contributed by atoms with Crippen molar-refractivity contribution in [1.82, 2.24) is 4.98 Å². The number of anilines is 1. The molecule has 0 amide bonds. The largest absolute Gasteiger partial charge is 0.365 e. The van der Waals surface area contributed by atoms with Crippen molar-refractivity contribution in [3.05, 3.63) is 23.9 Å². The lowest BCUT2D eigenvalue weighted by molar-refractivity contribution is 0.587. The molecular weight excluding hydrogens is 184 g/mol.